The number of hydrogen-bond donors (Lipinski definition) is 2. The molecule has 0 saturated heterocycles. The Morgan fingerprint density at radius 3 is 2.54 bits per heavy atom. The smallest absolute Gasteiger partial charge is 0.407 e. The van der Waals surface area contributed by atoms with Crippen LogP contribution in [0.15, 0.2) is 0 Å². The van der Waals surface area contributed by atoms with Gasteiger partial charge in [-0.05, 0) is 18.8 Å². The molecule has 3 nitrogen and oxygen atoms in total. The first-order valence-corrected chi connectivity index (χ1v) is 7.79. The van der Waals surface area contributed by atoms with Crippen LogP contribution in [-0.2, 0) is 4.74 Å². The number of carbonyl (C=O) groups is 1. The molecule has 0 unspecified atom stereocenters. The van der Waals surface area contributed by atoms with Crippen LogP contribution in [0.2, 0.25) is 0 Å². The van der Waals surface area contributed by atoms with Gasteiger partial charge in [0.15, 0.2) is 0 Å². The van der Waals surface area contributed by atoms with Gasteiger partial charge in [-0.15, -0.1) is 0 Å². The minimum atomic E-state index is -0.560. The Balaban J connectivity index is 3.37. The van der Waals surface area contributed by atoms with Crippen molar-refractivity contribution in [2.24, 2.45) is 0 Å². The molecule has 0 aliphatic carbocycles. The van der Waals surface area contributed by atoms with Crippen LogP contribution in [0.1, 0.15) is 0 Å². The molecule has 1 N–H and O–H groups in total. The fourth-order valence-corrected chi connectivity index (χ4v) is 1.29. The van der Waals surface area contributed by atoms with Crippen LogP contribution in [-0.4, -0.2) is 49.5 Å². The van der Waals surface area contributed by atoms with Crippen LogP contribution >= 0.6 is 22.7 Å². The van der Waals surface area contributed by atoms with Gasteiger partial charge in [-0.25, -0.2) is 14.8 Å². The largest absolute Gasteiger partial charge is 0.449 e. The van der Waals surface area contributed by atoms with Gasteiger partial charge in [-0.2, -0.15) is 12.6 Å². The van der Waals surface area contributed by atoms with Crippen molar-refractivity contribution >= 4 is 28.8 Å². The van der Waals surface area contributed by atoms with Gasteiger partial charge in [0.05, 0.1) is 0 Å². The van der Waals surface area contributed by atoms with E-state index in [4.69, 9.17) is 4.74 Å². The lowest BCUT2D eigenvalue weighted by Crippen LogP contribution is -2.27. The van der Waals surface area contributed by atoms with Gasteiger partial charge in [0.2, 0.25) is 0 Å². The molecule has 13 heavy (non-hydrogen) atoms. The summed E-state index contributed by atoms with van der Waals surface area (Å²) in [5, 5.41) is 2.59. The molecule has 0 bridgehead atoms. The topological polar surface area (TPSA) is 38.3 Å². The minimum Gasteiger partial charge on any atom is -0.449 e. The lowest BCUT2D eigenvalue weighted by Gasteiger charge is -2.24. The quantitative estimate of drug-likeness (QED) is 0.693. The molecule has 0 aromatic rings. The summed E-state index contributed by atoms with van der Waals surface area (Å²) in [5.41, 5.74) is 0. The third-order valence-corrected chi connectivity index (χ3v) is 2.93. The number of amides is 1. The van der Waals surface area contributed by atoms with Crippen LogP contribution in [0.25, 0.3) is 0 Å². The van der Waals surface area contributed by atoms with Crippen LogP contribution < -0.4 is 5.32 Å². The van der Waals surface area contributed by atoms with Gasteiger partial charge in [-0.3, -0.25) is 0 Å². The van der Waals surface area contributed by atoms with Crippen molar-refractivity contribution in [1.29, 1.82) is 0 Å². The Morgan fingerprint density at radius 1 is 1.46 bits per heavy atom. The summed E-state index contributed by atoms with van der Waals surface area (Å²) in [4.78, 5) is 10.9. The maximum absolute atomic E-state index is 10.9. The number of carbonyl (C=O) groups excluding carboxylic acids is 1. The SMILES string of the molecule is CS(C)(C)CCOC(=O)NCCS. The Morgan fingerprint density at radius 2 is 2.08 bits per heavy atom. The van der Waals surface area contributed by atoms with Crippen molar-refractivity contribution in [3.63, 3.8) is 0 Å². The number of thiol groups is 1. The van der Waals surface area contributed by atoms with Crippen molar-refractivity contribution in [1.82, 2.24) is 5.32 Å². The first kappa shape index (κ1) is 13.0. The van der Waals surface area contributed by atoms with Crippen LogP contribution in [0, 0.1) is 0 Å². The highest BCUT2D eigenvalue weighted by Gasteiger charge is 2.05. The molecule has 0 aliphatic rings. The van der Waals surface area contributed by atoms with E-state index in [2.05, 4.69) is 36.7 Å². The zero-order chi connectivity index (χ0) is 10.3. The Bertz CT molecular complexity index is 157. The lowest BCUT2D eigenvalue weighted by atomic mass is 10.7. The predicted octanol–water partition coefficient (Wildman–Crippen LogP) is 1.34. The summed E-state index contributed by atoms with van der Waals surface area (Å²) in [5.74, 6) is 1.60. The van der Waals surface area contributed by atoms with Crippen molar-refractivity contribution in [2.75, 3.05) is 43.4 Å². The maximum Gasteiger partial charge on any atom is 0.407 e. The number of ether oxygens (including phenoxy) is 1. The van der Waals surface area contributed by atoms with E-state index < -0.39 is 10.0 Å². The summed E-state index contributed by atoms with van der Waals surface area (Å²) in [6.07, 6.45) is 6.25. The van der Waals surface area contributed by atoms with E-state index in [1.165, 1.54) is 0 Å². The molecule has 0 rings (SSSR count). The molecule has 80 valence electrons. The first-order chi connectivity index (χ1) is 5.95. The monoisotopic (exact) mass is 225 g/mol. The van der Waals surface area contributed by atoms with Crippen LogP contribution in [0.5, 0.6) is 0 Å². The number of rotatable bonds is 5. The lowest BCUT2D eigenvalue weighted by molar-refractivity contribution is 0.154. The van der Waals surface area contributed by atoms with Gasteiger partial charge in [0.1, 0.15) is 6.61 Å². The molecule has 0 fully saturated rings. The third kappa shape index (κ3) is 9.89. The van der Waals surface area contributed by atoms with Gasteiger partial charge in [-0.1, -0.05) is 0 Å². The Kier molecular flexibility index (Phi) is 6.41. The molecule has 0 aromatic heterocycles. The van der Waals surface area contributed by atoms with Gasteiger partial charge in [0, 0.05) is 18.1 Å². The summed E-state index contributed by atoms with van der Waals surface area (Å²) in [6, 6.07) is 0. The first-order valence-electron chi connectivity index (χ1n) is 4.13. The minimum absolute atomic E-state index is 0.335. The zero-order valence-corrected chi connectivity index (χ0v) is 10.2. The molecular formula is C8H19NO2S2. The summed E-state index contributed by atoms with van der Waals surface area (Å²) >= 11 is 3.97. The average molecular weight is 225 g/mol. The summed E-state index contributed by atoms with van der Waals surface area (Å²) in [6.45, 7) is 1.07. The van der Waals surface area contributed by atoms with E-state index in [1.807, 2.05) is 0 Å². The molecule has 0 aromatic carbocycles. The number of hydrogen-bond acceptors (Lipinski definition) is 3. The number of alkyl carbamates (subject to hydrolysis) is 1. The maximum atomic E-state index is 10.9. The van der Waals surface area contributed by atoms with E-state index in [-0.39, 0.29) is 6.09 Å². The zero-order valence-electron chi connectivity index (χ0n) is 8.50. The van der Waals surface area contributed by atoms with E-state index in [0.29, 0.717) is 18.9 Å². The highest BCUT2D eigenvalue weighted by molar-refractivity contribution is 8.32. The number of nitrogens with one attached hydrogen (secondary N) is 1. The third-order valence-electron chi connectivity index (χ3n) is 1.31. The van der Waals surface area contributed by atoms with E-state index in [1.54, 1.807) is 0 Å². The molecule has 0 spiro atoms. The van der Waals surface area contributed by atoms with Crippen molar-refractivity contribution in [3.8, 4) is 0 Å². The van der Waals surface area contributed by atoms with Crippen LogP contribution in [0.4, 0.5) is 4.79 Å². The average Bonchev–Trinajstić information content (AvgIpc) is 1.98. The normalized spacial score (nSPS) is 12.3. The molecule has 0 heterocycles. The van der Waals surface area contributed by atoms with E-state index in [0.717, 1.165) is 5.75 Å². The van der Waals surface area contributed by atoms with Crippen molar-refractivity contribution < 1.29 is 9.53 Å². The Labute approximate surface area is 87.3 Å². The summed E-state index contributed by atoms with van der Waals surface area (Å²) < 4.78 is 4.96. The van der Waals surface area contributed by atoms with Crippen molar-refractivity contribution in [2.45, 2.75) is 0 Å². The molecule has 0 atom stereocenters. The van der Waals surface area contributed by atoms with Crippen molar-refractivity contribution in [3.05, 3.63) is 0 Å². The second-order valence-electron chi connectivity index (χ2n) is 3.58. The summed E-state index contributed by atoms with van der Waals surface area (Å²) in [7, 11) is -0.560. The molecular weight excluding hydrogens is 206 g/mol. The second-order valence-corrected chi connectivity index (χ2v) is 8.62. The molecule has 0 saturated carbocycles. The highest BCUT2D eigenvalue weighted by atomic mass is 32.3. The fourth-order valence-electron chi connectivity index (χ4n) is 0.593. The Hall–Kier alpha value is -0.0300. The predicted molar refractivity (Wildman–Crippen MR) is 63.4 cm³/mol. The second kappa shape index (κ2) is 6.43. The van der Waals surface area contributed by atoms with Gasteiger partial charge in [0.25, 0.3) is 0 Å². The van der Waals surface area contributed by atoms with E-state index in [9.17, 15) is 4.79 Å². The molecule has 0 aliphatic heterocycles. The highest BCUT2D eigenvalue weighted by Crippen LogP contribution is 2.33. The standard InChI is InChI=1S/C8H19NO2S2/c1-13(2,3)7-5-11-8(10)9-4-6-12/h12H,4-7H2,1-3H3,(H,9,10). The van der Waals surface area contributed by atoms with Crippen LogP contribution in [0.3, 0.4) is 0 Å². The van der Waals surface area contributed by atoms with Gasteiger partial charge >= 0.3 is 6.09 Å². The molecule has 0 radical (unpaired) electrons. The molecule has 1 amide bonds. The molecule has 5 heteroatoms. The van der Waals surface area contributed by atoms with Gasteiger partial charge < -0.3 is 10.1 Å². The van der Waals surface area contributed by atoms with E-state index >= 15 is 0 Å². The fraction of sp³-hybridized carbons (Fsp3) is 0.875.